The molecule has 3 aromatic rings. The second-order valence-electron chi connectivity index (χ2n) is 4.00. The van der Waals surface area contributed by atoms with Crippen molar-refractivity contribution in [3.8, 4) is 5.75 Å². The highest BCUT2D eigenvalue weighted by Gasteiger charge is 2.17. The van der Waals surface area contributed by atoms with Crippen LogP contribution in [0.15, 0.2) is 48.5 Å². The number of fused-ring (bicyclic) bond motifs is 1. The molecule has 5 heteroatoms. The summed E-state index contributed by atoms with van der Waals surface area (Å²) in [6.45, 7) is 0. The molecule has 0 aliphatic rings. The molecule has 0 fully saturated rings. The Morgan fingerprint density at radius 3 is 2.68 bits per heavy atom. The molecule has 0 bridgehead atoms. The lowest BCUT2D eigenvalue weighted by atomic mass is 10.2. The van der Waals surface area contributed by atoms with Gasteiger partial charge in [0.25, 0.3) is 5.91 Å². The smallest absolute Gasteiger partial charge is 0.283 e. The van der Waals surface area contributed by atoms with Gasteiger partial charge in [0.05, 0.1) is 18.2 Å². The van der Waals surface area contributed by atoms with Gasteiger partial charge in [-0.15, -0.1) is 5.10 Å². The fourth-order valence-corrected chi connectivity index (χ4v) is 1.95. The molecule has 0 aliphatic carbocycles. The number of benzene rings is 2. The van der Waals surface area contributed by atoms with Gasteiger partial charge in [-0.1, -0.05) is 29.5 Å². The Bertz CT molecular complexity index is 749. The highest BCUT2D eigenvalue weighted by Crippen LogP contribution is 2.20. The Labute approximate surface area is 109 Å². The van der Waals surface area contributed by atoms with E-state index in [1.54, 1.807) is 18.2 Å². The van der Waals surface area contributed by atoms with Crippen LogP contribution in [-0.2, 0) is 0 Å². The number of carbonyl (C=O) groups is 1. The molecule has 0 atom stereocenters. The summed E-state index contributed by atoms with van der Waals surface area (Å²) in [5.41, 5.74) is 1.82. The Hall–Kier alpha value is -2.69. The topological polar surface area (TPSA) is 57.0 Å². The van der Waals surface area contributed by atoms with Crippen LogP contribution in [-0.4, -0.2) is 28.0 Å². The summed E-state index contributed by atoms with van der Waals surface area (Å²) in [5.74, 6) is 0.262. The number of methoxy groups -OCH3 is 1. The van der Waals surface area contributed by atoms with Gasteiger partial charge in [0.1, 0.15) is 11.3 Å². The quantitative estimate of drug-likeness (QED) is 0.702. The number of carbonyl (C=O) groups excluding carboxylic acids is 1. The fourth-order valence-electron chi connectivity index (χ4n) is 1.95. The number of nitrogens with zero attached hydrogens (tertiary/aromatic N) is 3. The van der Waals surface area contributed by atoms with Crippen molar-refractivity contribution in [1.82, 2.24) is 15.0 Å². The van der Waals surface area contributed by atoms with Crippen LogP contribution in [0.3, 0.4) is 0 Å². The Balaban J connectivity index is 2.14. The van der Waals surface area contributed by atoms with Crippen LogP contribution in [0.2, 0.25) is 0 Å². The number of ether oxygens (including phenoxy) is 1. The summed E-state index contributed by atoms with van der Waals surface area (Å²) in [6, 6.07) is 14.4. The molecule has 0 spiro atoms. The van der Waals surface area contributed by atoms with E-state index in [2.05, 4.69) is 10.3 Å². The molecule has 5 nitrogen and oxygen atoms in total. The minimum atomic E-state index is -0.258. The lowest BCUT2D eigenvalue weighted by Gasteiger charge is -2.06. The molecular formula is C14H11N3O2. The number of aromatic nitrogens is 3. The second-order valence-corrected chi connectivity index (χ2v) is 4.00. The van der Waals surface area contributed by atoms with Crippen molar-refractivity contribution >= 4 is 16.9 Å². The van der Waals surface area contributed by atoms with Crippen LogP contribution < -0.4 is 4.74 Å². The normalized spacial score (nSPS) is 10.6. The number of para-hydroxylation sites is 2. The van der Waals surface area contributed by atoms with Crippen molar-refractivity contribution in [1.29, 1.82) is 0 Å². The molecule has 19 heavy (non-hydrogen) atoms. The molecule has 94 valence electrons. The average Bonchev–Trinajstić information content (AvgIpc) is 2.90. The van der Waals surface area contributed by atoms with E-state index in [1.807, 2.05) is 30.3 Å². The zero-order valence-corrected chi connectivity index (χ0v) is 10.3. The van der Waals surface area contributed by atoms with Crippen LogP contribution >= 0.6 is 0 Å². The molecule has 1 heterocycles. The summed E-state index contributed by atoms with van der Waals surface area (Å²) >= 11 is 0. The van der Waals surface area contributed by atoms with Crippen molar-refractivity contribution in [3.63, 3.8) is 0 Å². The molecular weight excluding hydrogens is 242 g/mol. The van der Waals surface area contributed by atoms with Crippen molar-refractivity contribution in [3.05, 3.63) is 54.1 Å². The third-order valence-corrected chi connectivity index (χ3v) is 2.88. The van der Waals surface area contributed by atoms with Gasteiger partial charge in [-0.3, -0.25) is 4.79 Å². The van der Waals surface area contributed by atoms with Gasteiger partial charge in [-0.05, 0) is 24.3 Å². The predicted molar refractivity (Wildman–Crippen MR) is 70.3 cm³/mol. The first-order chi connectivity index (χ1) is 9.31. The van der Waals surface area contributed by atoms with Crippen molar-refractivity contribution in [2.45, 2.75) is 0 Å². The van der Waals surface area contributed by atoms with Crippen molar-refractivity contribution in [2.75, 3.05) is 7.11 Å². The van der Waals surface area contributed by atoms with E-state index in [0.29, 0.717) is 22.3 Å². The minimum Gasteiger partial charge on any atom is -0.496 e. The standard InChI is InChI=1S/C14H11N3O2/c1-19-13-9-5-2-6-10(13)14(18)17-12-8-4-3-7-11(12)15-16-17/h2-9H,1H3. The molecule has 0 unspecified atom stereocenters. The van der Waals surface area contributed by atoms with Gasteiger partial charge >= 0.3 is 0 Å². The van der Waals surface area contributed by atoms with E-state index >= 15 is 0 Å². The highest BCUT2D eigenvalue weighted by atomic mass is 16.5. The molecule has 0 saturated carbocycles. The minimum absolute atomic E-state index is 0.258. The molecule has 0 N–H and O–H groups in total. The molecule has 0 saturated heterocycles. The van der Waals surface area contributed by atoms with E-state index < -0.39 is 0 Å². The molecule has 2 aromatic carbocycles. The van der Waals surface area contributed by atoms with E-state index in [4.69, 9.17) is 4.74 Å². The zero-order chi connectivity index (χ0) is 13.2. The van der Waals surface area contributed by atoms with Crippen molar-refractivity contribution < 1.29 is 9.53 Å². The lowest BCUT2D eigenvalue weighted by Crippen LogP contribution is -2.14. The molecule has 1 aromatic heterocycles. The third-order valence-electron chi connectivity index (χ3n) is 2.88. The molecule has 0 radical (unpaired) electrons. The first-order valence-electron chi connectivity index (χ1n) is 5.79. The summed E-state index contributed by atoms with van der Waals surface area (Å²) in [5, 5.41) is 7.88. The Kier molecular flexibility index (Phi) is 2.72. The van der Waals surface area contributed by atoms with Gasteiger partial charge in [-0.25, -0.2) is 0 Å². The van der Waals surface area contributed by atoms with Gasteiger partial charge in [0.15, 0.2) is 0 Å². The fraction of sp³-hybridized carbons (Fsp3) is 0.0714. The van der Waals surface area contributed by atoms with Gasteiger partial charge in [0.2, 0.25) is 0 Å². The first kappa shape index (κ1) is 11.4. The Morgan fingerprint density at radius 2 is 1.84 bits per heavy atom. The van der Waals surface area contributed by atoms with Crippen molar-refractivity contribution in [2.24, 2.45) is 0 Å². The van der Waals surface area contributed by atoms with Gasteiger partial charge in [-0.2, -0.15) is 4.68 Å². The molecule has 3 rings (SSSR count). The number of rotatable bonds is 2. The van der Waals surface area contributed by atoms with Crippen LogP contribution in [0.1, 0.15) is 10.4 Å². The van der Waals surface area contributed by atoms with E-state index in [1.165, 1.54) is 11.8 Å². The summed E-state index contributed by atoms with van der Waals surface area (Å²) in [7, 11) is 1.53. The second kappa shape index (κ2) is 4.53. The number of hydrogen-bond acceptors (Lipinski definition) is 4. The summed E-state index contributed by atoms with van der Waals surface area (Å²) in [4.78, 5) is 12.5. The molecule has 0 aliphatic heterocycles. The summed E-state index contributed by atoms with van der Waals surface area (Å²) < 4.78 is 6.48. The van der Waals surface area contributed by atoms with E-state index in [0.717, 1.165) is 0 Å². The van der Waals surface area contributed by atoms with Crippen LogP contribution in [0.25, 0.3) is 11.0 Å². The van der Waals surface area contributed by atoms with Gasteiger partial charge in [0, 0.05) is 0 Å². The van der Waals surface area contributed by atoms with E-state index in [9.17, 15) is 4.79 Å². The average molecular weight is 253 g/mol. The molecule has 0 amide bonds. The maximum absolute atomic E-state index is 12.5. The Morgan fingerprint density at radius 1 is 1.11 bits per heavy atom. The number of hydrogen-bond donors (Lipinski definition) is 0. The maximum atomic E-state index is 12.5. The third kappa shape index (κ3) is 1.85. The zero-order valence-electron chi connectivity index (χ0n) is 10.3. The van der Waals surface area contributed by atoms with Crippen LogP contribution in [0.4, 0.5) is 0 Å². The maximum Gasteiger partial charge on any atom is 0.283 e. The summed E-state index contributed by atoms with van der Waals surface area (Å²) in [6.07, 6.45) is 0. The van der Waals surface area contributed by atoms with Gasteiger partial charge < -0.3 is 4.74 Å². The highest BCUT2D eigenvalue weighted by molar-refractivity contribution is 6.02. The first-order valence-corrected chi connectivity index (χ1v) is 5.79. The monoisotopic (exact) mass is 253 g/mol. The SMILES string of the molecule is COc1ccccc1C(=O)n1nnc2ccccc21. The van der Waals surface area contributed by atoms with Crippen LogP contribution in [0, 0.1) is 0 Å². The van der Waals surface area contributed by atoms with E-state index in [-0.39, 0.29) is 5.91 Å². The predicted octanol–water partition coefficient (Wildman–Crippen LogP) is 2.13. The largest absolute Gasteiger partial charge is 0.496 e. The van der Waals surface area contributed by atoms with Crippen LogP contribution in [0.5, 0.6) is 5.75 Å². The lowest BCUT2D eigenvalue weighted by molar-refractivity contribution is 0.0945.